The Morgan fingerprint density at radius 2 is 1.59 bits per heavy atom. The van der Waals surface area contributed by atoms with Crippen LogP contribution in [0, 0.1) is 5.92 Å². The molecule has 0 spiro atoms. The second-order valence-corrected chi connectivity index (χ2v) is 14.3. The number of furan rings is 1. The molecular formula is C38H50ClN5O5. The summed E-state index contributed by atoms with van der Waals surface area (Å²) in [4.78, 5) is 56.9. The van der Waals surface area contributed by atoms with Crippen molar-refractivity contribution in [2.45, 2.75) is 107 Å². The van der Waals surface area contributed by atoms with Crippen molar-refractivity contribution < 1.29 is 23.6 Å². The molecule has 1 aromatic heterocycles. The van der Waals surface area contributed by atoms with Crippen LogP contribution in [-0.4, -0.2) is 72.3 Å². The molecule has 0 bridgehead atoms. The zero-order valence-corrected chi connectivity index (χ0v) is 29.4. The molecule has 4 N–H and O–H groups in total. The minimum absolute atomic E-state index is 0. The van der Waals surface area contributed by atoms with Gasteiger partial charge in [-0.3, -0.25) is 19.2 Å². The molecule has 6 rings (SSSR count). The van der Waals surface area contributed by atoms with Crippen molar-refractivity contribution in [1.82, 2.24) is 26.2 Å². The van der Waals surface area contributed by atoms with Crippen molar-refractivity contribution in [3.8, 4) is 0 Å². The Kier molecular flexibility index (Phi) is 12.0. The molecular weight excluding hydrogens is 642 g/mol. The third-order valence-corrected chi connectivity index (χ3v) is 10.7. The first-order chi connectivity index (χ1) is 23.2. The number of para-hydroxylation sites is 1. The molecule has 3 saturated carbocycles. The summed E-state index contributed by atoms with van der Waals surface area (Å²) in [5.74, 6) is -1.04. The second-order valence-electron chi connectivity index (χ2n) is 14.3. The average molecular weight is 692 g/mol. The summed E-state index contributed by atoms with van der Waals surface area (Å²) >= 11 is 0. The van der Waals surface area contributed by atoms with E-state index in [0.29, 0.717) is 50.1 Å². The fourth-order valence-electron chi connectivity index (χ4n) is 7.97. The third-order valence-electron chi connectivity index (χ3n) is 10.7. The Morgan fingerprint density at radius 3 is 2.33 bits per heavy atom. The van der Waals surface area contributed by atoms with Crippen LogP contribution in [0.5, 0.6) is 0 Å². The summed E-state index contributed by atoms with van der Waals surface area (Å²) in [5, 5.41) is 13.3. The number of carbonyl (C=O) groups excluding carboxylic acids is 4. The van der Waals surface area contributed by atoms with E-state index in [2.05, 4.69) is 40.3 Å². The lowest BCUT2D eigenvalue weighted by molar-refractivity contribution is -0.132. The minimum atomic E-state index is -1.15. The van der Waals surface area contributed by atoms with Gasteiger partial charge in [0.2, 0.25) is 17.7 Å². The van der Waals surface area contributed by atoms with E-state index in [4.69, 9.17) is 4.42 Å². The zero-order valence-electron chi connectivity index (χ0n) is 28.5. The number of benzene rings is 2. The molecule has 0 unspecified atom stereocenters. The molecule has 10 nitrogen and oxygen atoms in total. The van der Waals surface area contributed by atoms with E-state index in [1.165, 1.54) is 6.42 Å². The molecule has 3 aliphatic rings. The van der Waals surface area contributed by atoms with Gasteiger partial charge in [-0.1, -0.05) is 74.2 Å². The van der Waals surface area contributed by atoms with Crippen LogP contribution in [0.25, 0.3) is 11.0 Å². The van der Waals surface area contributed by atoms with E-state index < -0.39 is 17.5 Å². The first-order valence-electron chi connectivity index (χ1n) is 17.6. The molecule has 0 radical (unpaired) electrons. The second kappa shape index (κ2) is 16.2. The summed E-state index contributed by atoms with van der Waals surface area (Å²) in [6.45, 7) is 0. The summed E-state index contributed by atoms with van der Waals surface area (Å²) < 4.78 is 5.78. The normalized spacial score (nSPS) is 23.7. The van der Waals surface area contributed by atoms with E-state index in [9.17, 15) is 19.2 Å². The number of nitrogens with one attached hydrogen (secondary N) is 4. The Bertz CT molecular complexity index is 1570. The number of fused-ring (bicyclic) bond motifs is 1. The maximum atomic E-state index is 14.1. The Morgan fingerprint density at radius 1 is 0.878 bits per heavy atom. The van der Waals surface area contributed by atoms with Crippen molar-refractivity contribution in [3.05, 3.63) is 72.0 Å². The fourth-order valence-corrected chi connectivity index (χ4v) is 7.97. The molecule has 49 heavy (non-hydrogen) atoms. The molecule has 5 atom stereocenters. The van der Waals surface area contributed by atoms with Gasteiger partial charge in [-0.2, -0.15) is 0 Å². The number of amides is 4. The highest BCUT2D eigenvalue weighted by Gasteiger charge is 2.44. The van der Waals surface area contributed by atoms with Gasteiger partial charge in [0, 0.05) is 35.9 Å². The standard InChI is InChI=1S/C38H49N5O5.ClH/c1-43(2)31-16-8-7-15-29(31)40-34(44)27-18-19-28(23-27)39-35(45)30(22-25-12-4-3-5-13-25)41-37(47)38(20-10-11-21-38)42-36(46)33-24-26-14-6-9-17-32(26)48-33;/h3-6,9,12-14,17,24,27-31H,7-8,10-11,15-16,18-23H2,1-2H3,(H,39,45)(H,40,44)(H,41,47)(H,42,46);1H/t27-,28+,29+,30-,31+;/m1./s1. The number of rotatable bonds is 11. The molecule has 264 valence electrons. The van der Waals surface area contributed by atoms with E-state index in [-0.39, 0.29) is 53.9 Å². The monoisotopic (exact) mass is 691 g/mol. The predicted molar refractivity (Wildman–Crippen MR) is 191 cm³/mol. The highest BCUT2D eigenvalue weighted by Crippen LogP contribution is 2.32. The predicted octanol–water partition coefficient (Wildman–Crippen LogP) is 4.90. The summed E-state index contributed by atoms with van der Waals surface area (Å²) in [7, 11) is 4.15. The summed E-state index contributed by atoms with van der Waals surface area (Å²) in [5.41, 5.74) is 0.368. The van der Waals surface area contributed by atoms with Gasteiger partial charge in [0.15, 0.2) is 5.76 Å². The van der Waals surface area contributed by atoms with Crippen LogP contribution in [0.1, 0.15) is 86.7 Å². The largest absolute Gasteiger partial charge is 0.451 e. The van der Waals surface area contributed by atoms with Crippen molar-refractivity contribution in [1.29, 1.82) is 0 Å². The van der Waals surface area contributed by atoms with Crippen LogP contribution in [0.15, 0.2) is 65.1 Å². The van der Waals surface area contributed by atoms with E-state index in [0.717, 1.165) is 43.1 Å². The summed E-state index contributed by atoms with van der Waals surface area (Å²) in [6.07, 6.45) is 9.17. The molecule has 11 heteroatoms. The van der Waals surface area contributed by atoms with Gasteiger partial charge in [0.05, 0.1) is 0 Å². The zero-order chi connectivity index (χ0) is 33.7. The maximum Gasteiger partial charge on any atom is 0.287 e. The first-order valence-corrected chi connectivity index (χ1v) is 17.6. The molecule has 3 aliphatic carbocycles. The van der Waals surface area contributed by atoms with Crippen molar-refractivity contribution in [3.63, 3.8) is 0 Å². The number of hydrogen-bond donors (Lipinski definition) is 4. The number of nitrogens with zero attached hydrogens (tertiary/aromatic N) is 1. The van der Waals surface area contributed by atoms with Gasteiger partial charge in [-0.05, 0) is 76.7 Å². The molecule has 2 aromatic carbocycles. The highest BCUT2D eigenvalue weighted by atomic mass is 35.5. The van der Waals surface area contributed by atoms with Gasteiger partial charge in [0.1, 0.15) is 17.2 Å². The Labute approximate surface area is 294 Å². The molecule has 1 heterocycles. The number of halogens is 1. The van der Waals surface area contributed by atoms with Crippen LogP contribution in [0.3, 0.4) is 0 Å². The van der Waals surface area contributed by atoms with Gasteiger partial charge in [-0.25, -0.2) is 0 Å². The van der Waals surface area contributed by atoms with Crippen LogP contribution in [0.4, 0.5) is 0 Å². The topological polar surface area (TPSA) is 133 Å². The van der Waals surface area contributed by atoms with E-state index >= 15 is 0 Å². The quantitative estimate of drug-likeness (QED) is 0.226. The van der Waals surface area contributed by atoms with Gasteiger partial charge >= 0.3 is 0 Å². The fraction of sp³-hybridized carbons (Fsp3) is 0.526. The Balaban J connectivity index is 0.00000468. The van der Waals surface area contributed by atoms with E-state index in [1.807, 2.05) is 48.5 Å². The van der Waals surface area contributed by atoms with Crippen LogP contribution >= 0.6 is 12.4 Å². The summed E-state index contributed by atoms with van der Waals surface area (Å²) in [6, 6.07) is 18.1. The lowest BCUT2D eigenvalue weighted by atomic mass is 9.89. The van der Waals surface area contributed by atoms with Gasteiger partial charge in [-0.15, -0.1) is 12.4 Å². The average Bonchev–Trinajstić information content (AvgIpc) is 3.86. The highest BCUT2D eigenvalue weighted by molar-refractivity contribution is 6.01. The molecule has 3 aromatic rings. The molecule has 4 amide bonds. The maximum absolute atomic E-state index is 14.1. The van der Waals surface area contributed by atoms with Crippen molar-refractivity contribution >= 4 is 47.0 Å². The first kappa shape index (κ1) is 36.4. The van der Waals surface area contributed by atoms with Crippen molar-refractivity contribution in [2.75, 3.05) is 14.1 Å². The molecule has 3 fully saturated rings. The van der Waals surface area contributed by atoms with Crippen LogP contribution in [-0.2, 0) is 20.8 Å². The lowest BCUT2D eigenvalue weighted by Gasteiger charge is -2.37. The van der Waals surface area contributed by atoms with Gasteiger partial charge in [0.25, 0.3) is 5.91 Å². The van der Waals surface area contributed by atoms with Crippen molar-refractivity contribution in [2.24, 2.45) is 5.92 Å². The van der Waals surface area contributed by atoms with E-state index in [1.54, 1.807) is 12.1 Å². The van der Waals surface area contributed by atoms with Crippen LogP contribution < -0.4 is 21.3 Å². The number of hydrogen-bond acceptors (Lipinski definition) is 6. The van der Waals surface area contributed by atoms with Gasteiger partial charge < -0.3 is 30.6 Å². The lowest BCUT2D eigenvalue weighted by Crippen LogP contribution is -2.61. The minimum Gasteiger partial charge on any atom is -0.451 e. The van der Waals surface area contributed by atoms with Crippen LogP contribution in [0.2, 0.25) is 0 Å². The number of likely N-dealkylation sites (N-methyl/N-ethyl adjacent to an activating group) is 1. The Hall–Kier alpha value is -3.89. The third kappa shape index (κ3) is 8.65. The SMILES string of the molecule is CN(C)[C@H]1CCCC[C@@H]1NC(=O)[C@@H]1CC[C@H](NC(=O)[C@@H](Cc2ccccc2)NC(=O)C2(NC(=O)c3cc4ccccc4o3)CCCC2)C1.Cl. The number of carbonyl (C=O) groups is 4. The smallest absolute Gasteiger partial charge is 0.287 e. The molecule has 0 saturated heterocycles. The molecule has 0 aliphatic heterocycles.